The number of aryl methyl sites for hydroxylation is 2. The van der Waals surface area contributed by atoms with Crippen LogP contribution in [-0.4, -0.2) is 40.4 Å². The Hall–Kier alpha value is -1.24. The Labute approximate surface area is 159 Å². The highest BCUT2D eigenvalue weighted by Gasteiger charge is 2.38. The Morgan fingerprint density at radius 3 is 2.38 bits per heavy atom. The molecule has 1 atom stereocenters. The van der Waals surface area contributed by atoms with Gasteiger partial charge in [-0.05, 0) is 66.7 Å². The van der Waals surface area contributed by atoms with Gasteiger partial charge in [0.05, 0.1) is 24.5 Å². The Kier molecular flexibility index (Phi) is 5.17. The van der Waals surface area contributed by atoms with Gasteiger partial charge in [-0.15, -0.1) is 0 Å². The predicted octanol–water partition coefficient (Wildman–Crippen LogP) is 2.79. The SMILES string of the molecule is CC(C)CN1CC([S+]([O-])NC(=O)Nc2c3c(cc4c2CCC4)CCC3)C1. The molecule has 0 aromatic heterocycles. The first-order valence-electron chi connectivity index (χ1n) is 9.88. The zero-order valence-corrected chi connectivity index (χ0v) is 16.6. The van der Waals surface area contributed by atoms with Gasteiger partial charge in [-0.2, -0.15) is 4.72 Å². The lowest BCUT2D eigenvalue weighted by Crippen LogP contribution is -2.59. The van der Waals surface area contributed by atoms with E-state index in [0.29, 0.717) is 5.92 Å². The molecule has 0 saturated carbocycles. The number of nitrogens with zero attached hydrogens (tertiary/aromatic N) is 1. The summed E-state index contributed by atoms with van der Waals surface area (Å²) in [7, 11) is 0. The number of carbonyl (C=O) groups excluding carboxylic acids is 1. The van der Waals surface area contributed by atoms with Crippen LogP contribution in [0.2, 0.25) is 0 Å². The molecule has 2 aliphatic carbocycles. The van der Waals surface area contributed by atoms with Gasteiger partial charge in [0.1, 0.15) is 0 Å². The number of urea groups is 1. The molecule has 0 spiro atoms. The van der Waals surface area contributed by atoms with Crippen molar-refractivity contribution in [1.82, 2.24) is 9.62 Å². The number of rotatable bonds is 5. The van der Waals surface area contributed by atoms with Crippen LogP contribution in [-0.2, 0) is 37.0 Å². The minimum absolute atomic E-state index is 0.0479. The molecule has 2 amide bonds. The molecule has 1 unspecified atom stereocenters. The molecule has 1 saturated heterocycles. The van der Waals surface area contributed by atoms with E-state index in [4.69, 9.17) is 0 Å². The molecule has 4 rings (SSSR count). The van der Waals surface area contributed by atoms with E-state index in [0.717, 1.165) is 63.8 Å². The molecule has 0 radical (unpaired) electrons. The summed E-state index contributed by atoms with van der Waals surface area (Å²) in [5.74, 6) is 0.614. The molecule has 3 aliphatic rings. The van der Waals surface area contributed by atoms with E-state index in [1.165, 1.54) is 22.3 Å². The van der Waals surface area contributed by atoms with E-state index < -0.39 is 11.4 Å². The quantitative estimate of drug-likeness (QED) is 0.778. The highest BCUT2D eigenvalue weighted by molar-refractivity contribution is 7.90. The van der Waals surface area contributed by atoms with E-state index in [1.54, 1.807) is 0 Å². The van der Waals surface area contributed by atoms with Crippen LogP contribution in [0.1, 0.15) is 48.9 Å². The highest BCUT2D eigenvalue weighted by atomic mass is 32.2. The third-order valence-electron chi connectivity index (χ3n) is 5.75. The fourth-order valence-electron chi connectivity index (χ4n) is 4.60. The maximum absolute atomic E-state index is 12.5. The number of hydrogen-bond donors (Lipinski definition) is 2. The van der Waals surface area contributed by atoms with Crippen molar-refractivity contribution in [2.45, 2.75) is 57.6 Å². The zero-order valence-electron chi connectivity index (χ0n) is 15.8. The lowest BCUT2D eigenvalue weighted by atomic mass is 9.99. The number of benzene rings is 1. The number of hydrogen-bond acceptors (Lipinski definition) is 3. The summed E-state index contributed by atoms with van der Waals surface area (Å²) < 4.78 is 15.1. The smallest absolute Gasteiger partial charge is 0.360 e. The van der Waals surface area contributed by atoms with Crippen LogP contribution < -0.4 is 10.0 Å². The van der Waals surface area contributed by atoms with Crippen LogP contribution in [0.3, 0.4) is 0 Å². The third-order valence-corrected chi connectivity index (χ3v) is 7.04. The van der Waals surface area contributed by atoms with E-state index in [2.05, 4.69) is 34.9 Å². The van der Waals surface area contributed by atoms with E-state index in [-0.39, 0.29) is 11.3 Å². The second-order valence-corrected chi connectivity index (χ2v) is 9.79. The van der Waals surface area contributed by atoms with Gasteiger partial charge < -0.3 is 9.87 Å². The number of fused-ring (bicyclic) bond motifs is 2. The number of nitrogens with one attached hydrogen (secondary N) is 2. The highest BCUT2D eigenvalue weighted by Crippen LogP contribution is 2.38. The maximum Gasteiger partial charge on any atom is 0.360 e. The standard InChI is InChI=1S/C20H29N3O2S/c1-13(2)10-23-11-16(12-23)26(25)22-20(24)21-19-17-7-3-5-14(17)9-15-6-4-8-18(15)19/h9,13,16H,3-8,10-12H2,1-2H3,(H2,21,22,24). The average Bonchev–Trinajstić information content (AvgIpc) is 3.18. The lowest BCUT2D eigenvalue weighted by Gasteiger charge is -2.39. The van der Waals surface area contributed by atoms with Gasteiger partial charge in [-0.3, -0.25) is 4.90 Å². The number of likely N-dealkylation sites (tertiary alicyclic amines) is 1. The van der Waals surface area contributed by atoms with Crippen molar-refractivity contribution in [2.75, 3.05) is 25.0 Å². The summed E-state index contributed by atoms with van der Waals surface area (Å²) in [6.45, 7) is 7.02. The molecule has 6 heteroatoms. The van der Waals surface area contributed by atoms with Crippen LogP contribution in [0.4, 0.5) is 10.5 Å². The van der Waals surface area contributed by atoms with Gasteiger partial charge in [0.15, 0.2) is 5.25 Å². The van der Waals surface area contributed by atoms with Gasteiger partial charge >= 0.3 is 6.03 Å². The molecule has 2 N–H and O–H groups in total. The van der Waals surface area contributed by atoms with Crippen LogP contribution in [0.5, 0.6) is 0 Å². The summed E-state index contributed by atoms with van der Waals surface area (Å²) in [4.78, 5) is 14.8. The average molecular weight is 376 g/mol. The Morgan fingerprint density at radius 1 is 1.19 bits per heavy atom. The third kappa shape index (κ3) is 3.59. The molecular formula is C20H29N3O2S. The van der Waals surface area contributed by atoms with E-state index in [9.17, 15) is 9.35 Å². The van der Waals surface area contributed by atoms with Gasteiger partial charge in [0.2, 0.25) is 0 Å². The van der Waals surface area contributed by atoms with Gasteiger partial charge in [0.25, 0.3) is 0 Å². The van der Waals surface area contributed by atoms with Crippen molar-refractivity contribution in [3.05, 3.63) is 28.3 Å². The molecule has 0 bridgehead atoms. The summed E-state index contributed by atoms with van der Waals surface area (Å²) in [6.07, 6.45) is 6.61. The van der Waals surface area contributed by atoms with Gasteiger partial charge in [-0.25, -0.2) is 4.79 Å². The largest absolute Gasteiger partial charge is 0.593 e. The van der Waals surface area contributed by atoms with Crippen molar-refractivity contribution < 1.29 is 9.35 Å². The van der Waals surface area contributed by atoms with Crippen LogP contribution in [0, 0.1) is 5.92 Å². The van der Waals surface area contributed by atoms with E-state index >= 15 is 0 Å². The maximum atomic E-state index is 12.5. The van der Waals surface area contributed by atoms with Crippen molar-refractivity contribution >= 4 is 23.1 Å². The topological polar surface area (TPSA) is 67.4 Å². The minimum Gasteiger partial charge on any atom is -0.593 e. The summed E-state index contributed by atoms with van der Waals surface area (Å²) in [5, 5.41) is 3.11. The summed E-state index contributed by atoms with van der Waals surface area (Å²) in [5.41, 5.74) is 6.41. The van der Waals surface area contributed by atoms with Gasteiger partial charge in [-0.1, -0.05) is 19.9 Å². The first-order chi connectivity index (χ1) is 12.5. The molecule has 1 aromatic carbocycles. The Morgan fingerprint density at radius 2 is 1.81 bits per heavy atom. The first-order valence-corrected chi connectivity index (χ1v) is 11.1. The number of carbonyl (C=O) groups is 1. The Bertz CT molecular complexity index is 669. The number of amides is 2. The molecule has 1 fully saturated rings. The van der Waals surface area contributed by atoms with Crippen LogP contribution >= 0.6 is 0 Å². The van der Waals surface area contributed by atoms with Crippen LogP contribution in [0.15, 0.2) is 6.07 Å². The second kappa shape index (κ2) is 7.41. The van der Waals surface area contributed by atoms with Crippen molar-refractivity contribution in [1.29, 1.82) is 0 Å². The number of anilines is 1. The van der Waals surface area contributed by atoms with Gasteiger partial charge in [0, 0.05) is 12.2 Å². The Balaban J connectivity index is 1.38. The molecule has 26 heavy (non-hydrogen) atoms. The first kappa shape index (κ1) is 18.1. The lowest BCUT2D eigenvalue weighted by molar-refractivity contribution is 0.164. The van der Waals surface area contributed by atoms with Crippen LogP contribution in [0.25, 0.3) is 0 Å². The normalized spacial score (nSPS) is 20.6. The molecule has 1 heterocycles. The summed E-state index contributed by atoms with van der Waals surface area (Å²) in [6, 6.07) is 2.03. The van der Waals surface area contributed by atoms with Crippen molar-refractivity contribution in [3.8, 4) is 0 Å². The molecule has 1 aromatic rings. The van der Waals surface area contributed by atoms with Crippen molar-refractivity contribution in [2.24, 2.45) is 5.92 Å². The zero-order chi connectivity index (χ0) is 18.3. The molecule has 1 aliphatic heterocycles. The molecular weight excluding hydrogens is 346 g/mol. The van der Waals surface area contributed by atoms with Crippen molar-refractivity contribution in [3.63, 3.8) is 0 Å². The second-order valence-electron chi connectivity index (χ2n) is 8.32. The monoisotopic (exact) mass is 375 g/mol. The summed E-state index contributed by atoms with van der Waals surface area (Å²) >= 11 is -1.32. The molecule has 142 valence electrons. The molecule has 5 nitrogen and oxygen atoms in total. The fraction of sp³-hybridized carbons (Fsp3) is 0.650. The predicted molar refractivity (Wildman–Crippen MR) is 106 cm³/mol. The fourth-order valence-corrected chi connectivity index (χ4v) is 5.70. The van der Waals surface area contributed by atoms with E-state index in [1.807, 2.05) is 0 Å². The minimum atomic E-state index is -1.32.